The summed E-state index contributed by atoms with van der Waals surface area (Å²) >= 11 is 0. The molecule has 1 saturated heterocycles. The molecule has 6 N–H and O–H groups in total. The number of unbranched alkanes of at least 4 members (excludes halogenated alkanes) is 11. The first-order valence-corrected chi connectivity index (χ1v) is 19.0. The van der Waals surface area contributed by atoms with Gasteiger partial charge in [-0.1, -0.05) is 121 Å². The van der Waals surface area contributed by atoms with Crippen molar-refractivity contribution in [2.75, 3.05) is 20.0 Å². The van der Waals surface area contributed by atoms with Crippen LogP contribution in [0, 0.1) is 5.92 Å². The molecule has 0 saturated carbocycles. The first-order chi connectivity index (χ1) is 25.1. The van der Waals surface area contributed by atoms with Gasteiger partial charge >= 0.3 is 18.0 Å². The molecule has 1 heterocycles. The fourth-order valence-electron chi connectivity index (χ4n) is 5.93. The van der Waals surface area contributed by atoms with E-state index in [9.17, 15) is 39.9 Å². The number of hydrogen-bond donors (Lipinski definition) is 6. The largest absolute Gasteiger partial charge is 0.461 e. The molecule has 52 heavy (non-hydrogen) atoms. The maximum atomic E-state index is 12.7. The topological polar surface area (TPSA) is 211 Å². The second-order valence-corrected chi connectivity index (χ2v) is 13.6. The van der Waals surface area contributed by atoms with Gasteiger partial charge in [0, 0.05) is 0 Å². The smallest absolute Gasteiger partial charge is 0.410 e. The highest BCUT2D eigenvalue weighted by Crippen LogP contribution is 2.24. The summed E-state index contributed by atoms with van der Waals surface area (Å²) in [4.78, 5) is 36.7. The molecule has 1 aromatic carbocycles. The summed E-state index contributed by atoms with van der Waals surface area (Å²) < 4.78 is 26.0. The number of carbonyl (C=O) groups excluding carboxylic acids is 3. The first-order valence-electron chi connectivity index (χ1n) is 19.0. The van der Waals surface area contributed by atoms with Gasteiger partial charge in [-0.05, 0) is 17.9 Å². The van der Waals surface area contributed by atoms with Crippen molar-refractivity contribution in [2.45, 2.75) is 160 Å². The van der Waals surface area contributed by atoms with E-state index < -0.39 is 80.9 Å². The molecule has 1 amide bonds. The Hall–Kier alpha value is -2.85. The number of amides is 1. The van der Waals surface area contributed by atoms with Gasteiger partial charge in [0.05, 0.1) is 38.2 Å². The van der Waals surface area contributed by atoms with E-state index in [1.165, 1.54) is 51.4 Å². The van der Waals surface area contributed by atoms with Crippen LogP contribution in [-0.4, -0.2) is 106 Å². The van der Waals surface area contributed by atoms with Gasteiger partial charge in [0.25, 0.3) is 0 Å². The lowest BCUT2D eigenvalue weighted by Gasteiger charge is -2.40. The molecule has 0 spiro atoms. The molecule has 0 bridgehead atoms. The molecule has 14 nitrogen and oxygen atoms in total. The van der Waals surface area contributed by atoms with Crippen molar-refractivity contribution in [3.63, 3.8) is 0 Å². The van der Waals surface area contributed by atoms with E-state index >= 15 is 0 Å². The molecular weight excluding hydrogens is 678 g/mol. The number of aliphatic hydroxyl groups excluding tert-OH is 5. The highest BCUT2D eigenvalue weighted by molar-refractivity contribution is 5.77. The molecule has 1 aromatic rings. The van der Waals surface area contributed by atoms with Crippen LogP contribution < -0.4 is 5.32 Å². The van der Waals surface area contributed by atoms with Crippen LogP contribution in [0.5, 0.6) is 0 Å². The third-order valence-electron chi connectivity index (χ3n) is 9.29. The molecule has 1 aliphatic rings. The van der Waals surface area contributed by atoms with Gasteiger partial charge in [-0.15, -0.1) is 0 Å². The molecule has 1 fully saturated rings. The van der Waals surface area contributed by atoms with Crippen molar-refractivity contribution in [1.82, 2.24) is 5.32 Å². The van der Waals surface area contributed by atoms with Gasteiger partial charge in [0.1, 0.15) is 31.0 Å². The van der Waals surface area contributed by atoms with E-state index in [1.54, 1.807) is 12.1 Å². The SMILES string of the molecule is CCCCCCCCCCCCCC[C@@H](C)[C@@H](O)[C@H](CO[C@H]1OC(CO)[C@H](O)[C@H](O)C1O)NC(=O)OCOC(=O)CCC(=O)OCc1ccccc1. The minimum atomic E-state index is -1.67. The highest BCUT2D eigenvalue weighted by Gasteiger charge is 2.44. The molecule has 0 aromatic heterocycles. The Morgan fingerprint density at radius 1 is 0.788 bits per heavy atom. The van der Waals surface area contributed by atoms with Crippen LogP contribution in [0.4, 0.5) is 4.79 Å². The second-order valence-electron chi connectivity index (χ2n) is 13.6. The quantitative estimate of drug-likeness (QED) is 0.0428. The van der Waals surface area contributed by atoms with Gasteiger partial charge in [-0.2, -0.15) is 0 Å². The predicted molar refractivity (Wildman–Crippen MR) is 190 cm³/mol. The van der Waals surface area contributed by atoms with Gasteiger partial charge in [0.2, 0.25) is 6.79 Å². The van der Waals surface area contributed by atoms with Crippen molar-refractivity contribution >= 4 is 18.0 Å². The lowest BCUT2D eigenvalue weighted by atomic mass is 9.92. The number of esters is 2. The fourth-order valence-corrected chi connectivity index (χ4v) is 5.93. The second kappa shape index (κ2) is 26.8. The number of hydrogen-bond acceptors (Lipinski definition) is 13. The Labute approximate surface area is 308 Å². The van der Waals surface area contributed by atoms with E-state index in [-0.39, 0.29) is 25.4 Å². The molecule has 0 radical (unpaired) electrons. The van der Waals surface area contributed by atoms with Crippen LogP contribution in [0.1, 0.15) is 116 Å². The Balaban J connectivity index is 1.80. The van der Waals surface area contributed by atoms with Crippen LogP contribution in [0.25, 0.3) is 0 Å². The van der Waals surface area contributed by atoms with Crippen LogP contribution in [-0.2, 0) is 39.9 Å². The molecule has 298 valence electrons. The Bertz CT molecular complexity index is 1110. The van der Waals surface area contributed by atoms with Crippen molar-refractivity contribution in [2.24, 2.45) is 5.92 Å². The van der Waals surface area contributed by atoms with Crippen LogP contribution in [0.2, 0.25) is 0 Å². The van der Waals surface area contributed by atoms with Crippen LogP contribution >= 0.6 is 0 Å². The summed E-state index contributed by atoms with van der Waals surface area (Å²) in [5, 5.41) is 53.8. The summed E-state index contributed by atoms with van der Waals surface area (Å²) in [6, 6.07) is 7.99. The number of rotatable bonds is 27. The van der Waals surface area contributed by atoms with E-state index in [4.69, 9.17) is 23.7 Å². The molecule has 2 unspecified atom stereocenters. The van der Waals surface area contributed by atoms with Gasteiger partial charge in [-0.3, -0.25) is 9.59 Å². The average Bonchev–Trinajstić information content (AvgIpc) is 3.14. The van der Waals surface area contributed by atoms with Crippen LogP contribution in [0.3, 0.4) is 0 Å². The minimum absolute atomic E-state index is 0.0725. The number of carbonyl (C=O) groups is 3. The highest BCUT2D eigenvalue weighted by atomic mass is 16.7. The van der Waals surface area contributed by atoms with Gasteiger partial charge in [0.15, 0.2) is 6.29 Å². The average molecular weight is 742 g/mol. The van der Waals surface area contributed by atoms with Crippen LogP contribution in [0.15, 0.2) is 30.3 Å². The lowest BCUT2D eigenvalue weighted by Crippen LogP contribution is -2.60. The summed E-state index contributed by atoms with van der Waals surface area (Å²) in [5.41, 5.74) is 0.804. The van der Waals surface area contributed by atoms with E-state index in [0.29, 0.717) is 6.42 Å². The van der Waals surface area contributed by atoms with Crippen molar-refractivity contribution in [1.29, 1.82) is 0 Å². The van der Waals surface area contributed by atoms with E-state index in [0.717, 1.165) is 31.2 Å². The third-order valence-corrected chi connectivity index (χ3v) is 9.29. The maximum Gasteiger partial charge on any atom is 0.410 e. The van der Waals surface area contributed by atoms with Gasteiger partial charge in [-0.25, -0.2) is 4.79 Å². The fraction of sp³-hybridized carbons (Fsp3) is 0.763. The number of ether oxygens (including phenoxy) is 5. The molecule has 2 rings (SSSR count). The van der Waals surface area contributed by atoms with E-state index in [1.807, 2.05) is 25.1 Å². The third kappa shape index (κ3) is 18.3. The first kappa shape index (κ1) is 45.3. The zero-order valence-corrected chi connectivity index (χ0v) is 30.9. The van der Waals surface area contributed by atoms with Crippen molar-refractivity contribution < 1.29 is 63.6 Å². The number of alkyl carbamates (subject to hydrolysis) is 1. The number of benzene rings is 1. The summed E-state index contributed by atoms with van der Waals surface area (Å²) in [5.74, 6) is -1.66. The Morgan fingerprint density at radius 3 is 1.96 bits per heavy atom. The zero-order valence-electron chi connectivity index (χ0n) is 30.9. The Kier molecular flexibility index (Phi) is 23.4. The number of aliphatic hydroxyl groups is 5. The summed E-state index contributed by atoms with van der Waals surface area (Å²) in [6.45, 7) is 2.33. The maximum absolute atomic E-state index is 12.7. The molecule has 8 atom stereocenters. The predicted octanol–water partition coefficient (Wildman–Crippen LogP) is 4.01. The lowest BCUT2D eigenvalue weighted by molar-refractivity contribution is -0.303. The number of nitrogens with one attached hydrogen (secondary N) is 1. The molecule has 1 aliphatic heterocycles. The standard InChI is InChI=1S/C38H63NO13/c1-3-4-5-6-7-8-9-10-11-12-13-15-18-27(2)33(43)29(25-49-37-36(46)35(45)34(44)30(23-40)52-37)39-38(47)51-26-50-32(42)22-21-31(41)48-24-28-19-16-14-17-20-28/h14,16-17,19-20,27,29-30,33-37,40,43-46H,3-13,15,18,21-26H2,1-2H3,(H,39,47)/t27-,29+,30?,33-,34+,35+,36?,37+/m1/s1. The van der Waals surface area contributed by atoms with Gasteiger partial charge < -0.3 is 54.5 Å². The summed E-state index contributed by atoms with van der Waals surface area (Å²) in [7, 11) is 0. The monoisotopic (exact) mass is 741 g/mol. The minimum Gasteiger partial charge on any atom is -0.461 e. The van der Waals surface area contributed by atoms with Crippen molar-refractivity contribution in [3.05, 3.63) is 35.9 Å². The Morgan fingerprint density at radius 2 is 1.37 bits per heavy atom. The van der Waals surface area contributed by atoms with Crippen molar-refractivity contribution in [3.8, 4) is 0 Å². The molecular formula is C38H63NO13. The van der Waals surface area contributed by atoms with E-state index in [2.05, 4.69) is 12.2 Å². The summed E-state index contributed by atoms with van der Waals surface area (Å²) in [6.07, 6.45) is 4.80. The molecule has 0 aliphatic carbocycles. The zero-order chi connectivity index (χ0) is 38.1. The normalized spacial score (nSPS) is 21.9. The molecule has 14 heteroatoms.